The third-order valence-corrected chi connectivity index (χ3v) is 4.57. The monoisotopic (exact) mass is 308 g/mol. The highest BCUT2D eigenvalue weighted by Gasteiger charge is 2.14. The van der Waals surface area contributed by atoms with Crippen molar-refractivity contribution in [3.05, 3.63) is 58.9 Å². The molecule has 4 nitrogen and oxygen atoms in total. The lowest BCUT2D eigenvalue weighted by Crippen LogP contribution is -2.23. The molecule has 0 aliphatic carbocycles. The predicted molar refractivity (Wildman–Crippen MR) is 80.8 cm³/mol. The van der Waals surface area contributed by atoms with Crippen molar-refractivity contribution in [1.82, 2.24) is 4.72 Å². The molecule has 0 amide bonds. The molecule has 0 spiro atoms. The average molecular weight is 308 g/mol. The Labute approximate surface area is 123 Å². The Balaban J connectivity index is 2.17. The van der Waals surface area contributed by atoms with Crippen LogP contribution in [-0.2, 0) is 16.6 Å². The summed E-state index contributed by atoms with van der Waals surface area (Å²) in [7, 11) is -3.61. The highest BCUT2D eigenvalue weighted by Crippen LogP contribution is 2.16. The molecule has 3 N–H and O–H groups in total. The van der Waals surface area contributed by atoms with Crippen LogP contribution in [0.15, 0.2) is 41.3 Å². The van der Waals surface area contributed by atoms with Gasteiger partial charge in [-0.25, -0.2) is 17.5 Å². The third kappa shape index (κ3) is 3.59. The summed E-state index contributed by atoms with van der Waals surface area (Å²) in [6.07, 6.45) is 0. The van der Waals surface area contributed by atoms with Crippen molar-refractivity contribution < 1.29 is 12.8 Å². The maximum absolute atomic E-state index is 13.5. The van der Waals surface area contributed by atoms with Crippen molar-refractivity contribution in [2.75, 3.05) is 5.73 Å². The Morgan fingerprint density at radius 1 is 1.10 bits per heavy atom. The maximum Gasteiger partial charge on any atom is 0.240 e. The fourth-order valence-corrected chi connectivity index (χ4v) is 3.06. The van der Waals surface area contributed by atoms with Gasteiger partial charge in [-0.3, -0.25) is 0 Å². The smallest absolute Gasteiger partial charge is 0.240 e. The molecular formula is C15H17FN2O2S. The van der Waals surface area contributed by atoms with Gasteiger partial charge in [-0.1, -0.05) is 12.1 Å². The van der Waals surface area contributed by atoms with Crippen molar-refractivity contribution in [3.8, 4) is 0 Å². The minimum Gasteiger partial charge on any atom is -0.399 e. The summed E-state index contributed by atoms with van der Waals surface area (Å²) in [6.45, 7) is 3.41. The van der Waals surface area contributed by atoms with Crippen LogP contribution in [0.1, 0.15) is 16.7 Å². The summed E-state index contributed by atoms with van der Waals surface area (Å²) < 4.78 is 40.3. The lowest BCUT2D eigenvalue weighted by atomic mass is 10.1. The van der Waals surface area contributed by atoms with Gasteiger partial charge < -0.3 is 5.73 Å². The SMILES string of the molecule is Cc1cc(CNS(=O)(=O)c2ccc(N)cc2)cc(C)c1F. The average Bonchev–Trinajstić information content (AvgIpc) is 2.43. The van der Waals surface area contributed by atoms with Gasteiger partial charge in [0.25, 0.3) is 0 Å². The molecule has 2 rings (SSSR count). The first-order valence-electron chi connectivity index (χ1n) is 6.40. The van der Waals surface area contributed by atoms with Crippen LogP contribution in [0.3, 0.4) is 0 Å². The molecule has 0 unspecified atom stereocenters. The second kappa shape index (κ2) is 5.83. The van der Waals surface area contributed by atoms with Crippen LogP contribution >= 0.6 is 0 Å². The quantitative estimate of drug-likeness (QED) is 0.852. The fourth-order valence-electron chi connectivity index (χ4n) is 2.05. The van der Waals surface area contributed by atoms with Gasteiger partial charge in [0.1, 0.15) is 5.82 Å². The summed E-state index contributed by atoms with van der Waals surface area (Å²) in [5.74, 6) is -0.264. The highest BCUT2D eigenvalue weighted by molar-refractivity contribution is 7.89. The number of benzene rings is 2. The van der Waals surface area contributed by atoms with Gasteiger partial charge in [-0.2, -0.15) is 0 Å². The summed E-state index contributed by atoms with van der Waals surface area (Å²) in [6, 6.07) is 9.21. The summed E-state index contributed by atoms with van der Waals surface area (Å²) in [5, 5.41) is 0. The van der Waals surface area contributed by atoms with Crippen LogP contribution in [0.2, 0.25) is 0 Å². The van der Waals surface area contributed by atoms with Gasteiger partial charge in [0.05, 0.1) is 4.90 Å². The molecule has 2 aromatic rings. The number of nitrogens with one attached hydrogen (secondary N) is 1. The van der Waals surface area contributed by atoms with E-state index in [9.17, 15) is 12.8 Å². The van der Waals surface area contributed by atoms with Crippen molar-refractivity contribution in [2.45, 2.75) is 25.3 Å². The molecule has 0 fully saturated rings. The first-order chi connectivity index (χ1) is 9.79. The minimum atomic E-state index is -3.61. The van der Waals surface area contributed by atoms with E-state index in [1.165, 1.54) is 24.3 Å². The molecule has 6 heteroatoms. The first kappa shape index (κ1) is 15.5. The van der Waals surface area contributed by atoms with E-state index in [2.05, 4.69) is 4.72 Å². The van der Waals surface area contributed by atoms with Gasteiger partial charge in [-0.15, -0.1) is 0 Å². The van der Waals surface area contributed by atoms with E-state index >= 15 is 0 Å². The summed E-state index contributed by atoms with van der Waals surface area (Å²) in [5.41, 5.74) is 7.74. The van der Waals surface area contributed by atoms with E-state index < -0.39 is 10.0 Å². The number of hydrogen-bond acceptors (Lipinski definition) is 3. The number of anilines is 1. The van der Waals surface area contributed by atoms with Gasteiger partial charge in [-0.05, 0) is 54.8 Å². The van der Waals surface area contributed by atoms with Crippen LogP contribution in [0.4, 0.5) is 10.1 Å². The van der Waals surface area contributed by atoms with Crippen LogP contribution in [0.5, 0.6) is 0 Å². The first-order valence-corrected chi connectivity index (χ1v) is 7.89. The van der Waals surface area contributed by atoms with Crippen molar-refractivity contribution in [2.24, 2.45) is 0 Å². The third-order valence-electron chi connectivity index (χ3n) is 3.15. The molecule has 0 radical (unpaired) electrons. The zero-order valence-corrected chi connectivity index (χ0v) is 12.7. The summed E-state index contributed by atoms with van der Waals surface area (Å²) >= 11 is 0. The Bertz CT molecular complexity index is 733. The van der Waals surface area contributed by atoms with Gasteiger partial charge >= 0.3 is 0 Å². The van der Waals surface area contributed by atoms with Crippen molar-refractivity contribution in [3.63, 3.8) is 0 Å². The molecular weight excluding hydrogens is 291 g/mol. The van der Waals surface area contributed by atoms with Crippen LogP contribution in [-0.4, -0.2) is 8.42 Å². The molecule has 0 bridgehead atoms. The fraction of sp³-hybridized carbons (Fsp3) is 0.200. The number of nitrogens with two attached hydrogens (primary N) is 1. The van der Waals surface area contributed by atoms with Gasteiger partial charge in [0, 0.05) is 12.2 Å². The second-order valence-corrected chi connectivity index (χ2v) is 6.70. The zero-order valence-electron chi connectivity index (χ0n) is 11.9. The molecule has 112 valence electrons. The molecule has 2 aromatic carbocycles. The van der Waals surface area contributed by atoms with Crippen LogP contribution < -0.4 is 10.5 Å². The molecule has 0 aliphatic rings. The maximum atomic E-state index is 13.5. The number of halogens is 1. The zero-order chi connectivity index (χ0) is 15.6. The van der Waals surface area contributed by atoms with E-state index in [1.54, 1.807) is 26.0 Å². The highest BCUT2D eigenvalue weighted by atomic mass is 32.2. The Morgan fingerprint density at radius 3 is 2.14 bits per heavy atom. The van der Waals surface area contributed by atoms with Crippen molar-refractivity contribution >= 4 is 15.7 Å². The van der Waals surface area contributed by atoms with E-state index in [4.69, 9.17) is 5.73 Å². The minimum absolute atomic E-state index is 0.106. The number of rotatable bonds is 4. The Morgan fingerprint density at radius 2 is 1.62 bits per heavy atom. The summed E-state index contributed by atoms with van der Waals surface area (Å²) in [4.78, 5) is 0.146. The van der Waals surface area contributed by atoms with E-state index in [0.717, 1.165) is 0 Å². The van der Waals surface area contributed by atoms with Gasteiger partial charge in [0.2, 0.25) is 10.0 Å². The number of aryl methyl sites for hydroxylation is 2. The van der Waals surface area contributed by atoms with Gasteiger partial charge in [0.15, 0.2) is 0 Å². The molecule has 0 saturated carbocycles. The molecule has 0 aromatic heterocycles. The molecule has 0 atom stereocenters. The lowest BCUT2D eigenvalue weighted by Gasteiger charge is -2.09. The van der Waals surface area contributed by atoms with Crippen LogP contribution in [0, 0.1) is 19.7 Å². The van der Waals surface area contributed by atoms with E-state index in [0.29, 0.717) is 22.4 Å². The number of nitrogen functional groups attached to an aromatic ring is 1. The number of hydrogen-bond donors (Lipinski definition) is 2. The molecule has 0 saturated heterocycles. The molecule has 0 heterocycles. The Hall–Kier alpha value is -1.92. The molecule has 0 aliphatic heterocycles. The largest absolute Gasteiger partial charge is 0.399 e. The van der Waals surface area contributed by atoms with Crippen LogP contribution in [0.25, 0.3) is 0 Å². The van der Waals surface area contributed by atoms with E-state index in [-0.39, 0.29) is 17.3 Å². The standard InChI is InChI=1S/C15H17FN2O2S/c1-10-7-12(8-11(2)15(10)16)9-18-21(19,20)14-5-3-13(17)4-6-14/h3-8,18H,9,17H2,1-2H3. The predicted octanol–water partition coefficient (Wildman–Crippen LogP) is 2.50. The topological polar surface area (TPSA) is 72.2 Å². The number of sulfonamides is 1. The normalized spacial score (nSPS) is 11.6. The lowest BCUT2D eigenvalue weighted by molar-refractivity contribution is 0.581. The second-order valence-electron chi connectivity index (χ2n) is 4.94. The van der Waals surface area contributed by atoms with E-state index in [1.807, 2.05) is 0 Å². The van der Waals surface area contributed by atoms with Crippen molar-refractivity contribution in [1.29, 1.82) is 0 Å². The Kier molecular flexibility index (Phi) is 4.29. The molecule has 21 heavy (non-hydrogen) atoms.